The second-order valence-electron chi connectivity index (χ2n) is 5.33. The molecule has 0 aromatic heterocycles. The largest absolute Gasteiger partial charge is 0.468 e. The van der Waals surface area contributed by atoms with E-state index in [1.807, 2.05) is 0 Å². The summed E-state index contributed by atoms with van der Waals surface area (Å²) in [5, 5.41) is 0. The molecule has 0 spiro atoms. The summed E-state index contributed by atoms with van der Waals surface area (Å²) in [4.78, 5) is 16.3. The van der Waals surface area contributed by atoms with Crippen LogP contribution in [-0.4, -0.2) is 50.2 Å². The highest BCUT2D eigenvalue weighted by molar-refractivity contribution is 5.75. The van der Waals surface area contributed by atoms with Crippen LogP contribution in [0.5, 0.6) is 0 Å². The van der Waals surface area contributed by atoms with E-state index >= 15 is 0 Å². The molecule has 1 saturated heterocycles. The first kappa shape index (κ1) is 15.8. The van der Waals surface area contributed by atoms with Crippen molar-refractivity contribution in [2.45, 2.75) is 25.8 Å². The summed E-state index contributed by atoms with van der Waals surface area (Å²) in [6, 6.07) is 6.42. The van der Waals surface area contributed by atoms with Gasteiger partial charge in [0.1, 0.15) is 11.9 Å². The van der Waals surface area contributed by atoms with Crippen LogP contribution in [0.3, 0.4) is 0 Å². The molecular formula is C16H23FN2O2. The van der Waals surface area contributed by atoms with Crippen LogP contribution in [0.4, 0.5) is 10.1 Å². The van der Waals surface area contributed by atoms with E-state index in [1.54, 1.807) is 12.1 Å². The molecule has 0 bridgehead atoms. The number of hydrogen-bond donors (Lipinski definition) is 0. The van der Waals surface area contributed by atoms with E-state index in [0.29, 0.717) is 0 Å². The molecule has 0 amide bonds. The van der Waals surface area contributed by atoms with E-state index in [0.717, 1.165) is 44.7 Å². The van der Waals surface area contributed by atoms with Crippen molar-refractivity contribution in [3.63, 3.8) is 0 Å². The summed E-state index contributed by atoms with van der Waals surface area (Å²) in [5.41, 5.74) is 1.03. The summed E-state index contributed by atoms with van der Waals surface area (Å²) in [7, 11) is 1.44. The SMILES string of the molecule is CCC[C@H](C(=O)OC)N1CCN(c2ccc(F)cc2)CC1. The standard InChI is InChI=1S/C16H23FN2O2/c1-3-4-15(16(20)21-2)19-11-9-18(10-12-19)14-7-5-13(17)6-8-14/h5-8,15H,3-4,9-12H2,1-2H3/t15-/m1/s1. The molecule has 1 atom stereocenters. The Morgan fingerprint density at radius 3 is 2.38 bits per heavy atom. The van der Waals surface area contributed by atoms with Crippen molar-refractivity contribution in [1.82, 2.24) is 4.90 Å². The highest BCUT2D eigenvalue weighted by atomic mass is 19.1. The van der Waals surface area contributed by atoms with Crippen LogP contribution in [0.1, 0.15) is 19.8 Å². The molecule has 0 N–H and O–H groups in total. The number of piperazine rings is 1. The molecule has 1 aliphatic rings. The summed E-state index contributed by atoms with van der Waals surface area (Å²) in [6.07, 6.45) is 1.78. The summed E-state index contributed by atoms with van der Waals surface area (Å²) in [5.74, 6) is -0.363. The number of ether oxygens (including phenoxy) is 1. The van der Waals surface area contributed by atoms with Crippen molar-refractivity contribution in [2.75, 3.05) is 38.2 Å². The van der Waals surface area contributed by atoms with Crippen molar-refractivity contribution in [1.29, 1.82) is 0 Å². The van der Waals surface area contributed by atoms with Gasteiger partial charge >= 0.3 is 5.97 Å². The molecule has 116 valence electrons. The average molecular weight is 294 g/mol. The number of anilines is 1. The van der Waals surface area contributed by atoms with Gasteiger partial charge in [-0.25, -0.2) is 4.39 Å². The molecule has 0 radical (unpaired) electrons. The first-order chi connectivity index (χ1) is 10.2. The normalized spacial score (nSPS) is 17.6. The highest BCUT2D eigenvalue weighted by Crippen LogP contribution is 2.19. The number of benzene rings is 1. The Morgan fingerprint density at radius 1 is 1.24 bits per heavy atom. The number of nitrogens with zero attached hydrogens (tertiary/aromatic N) is 2. The van der Waals surface area contributed by atoms with Gasteiger partial charge in [0.2, 0.25) is 0 Å². The zero-order valence-electron chi connectivity index (χ0n) is 12.7. The monoisotopic (exact) mass is 294 g/mol. The minimum absolute atomic E-state index is 0.143. The second-order valence-corrected chi connectivity index (χ2v) is 5.33. The highest BCUT2D eigenvalue weighted by Gasteiger charge is 2.29. The van der Waals surface area contributed by atoms with Crippen LogP contribution in [0.2, 0.25) is 0 Å². The van der Waals surface area contributed by atoms with Gasteiger partial charge < -0.3 is 9.64 Å². The Balaban J connectivity index is 1.95. The van der Waals surface area contributed by atoms with Crippen molar-refractivity contribution in [2.24, 2.45) is 0 Å². The summed E-state index contributed by atoms with van der Waals surface area (Å²) in [6.45, 7) is 5.38. The molecule has 2 rings (SSSR count). The fraction of sp³-hybridized carbons (Fsp3) is 0.562. The number of carbonyl (C=O) groups excluding carboxylic acids is 1. The van der Waals surface area contributed by atoms with Crippen molar-refractivity contribution >= 4 is 11.7 Å². The van der Waals surface area contributed by atoms with Gasteiger partial charge in [-0.3, -0.25) is 9.69 Å². The van der Waals surface area contributed by atoms with Crippen LogP contribution in [0.25, 0.3) is 0 Å². The van der Waals surface area contributed by atoms with Gasteiger partial charge in [-0.1, -0.05) is 13.3 Å². The Labute approximate surface area is 125 Å². The van der Waals surface area contributed by atoms with Crippen molar-refractivity contribution in [3.8, 4) is 0 Å². The van der Waals surface area contributed by atoms with Gasteiger partial charge in [0.05, 0.1) is 7.11 Å². The maximum absolute atomic E-state index is 13.0. The van der Waals surface area contributed by atoms with E-state index in [9.17, 15) is 9.18 Å². The average Bonchev–Trinajstić information content (AvgIpc) is 2.53. The first-order valence-electron chi connectivity index (χ1n) is 7.48. The molecule has 1 aliphatic heterocycles. The predicted octanol–water partition coefficient (Wildman–Crippen LogP) is 2.29. The number of carbonyl (C=O) groups is 1. The zero-order chi connectivity index (χ0) is 15.2. The van der Waals surface area contributed by atoms with Gasteiger partial charge in [-0.15, -0.1) is 0 Å². The maximum atomic E-state index is 13.0. The lowest BCUT2D eigenvalue weighted by atomic mass is 10.1. The summed E-state index contributed by atoms with van der Waals surface area (Å²) >= 11 is 0. The van der Waals surface area contributed by atoms with Crippen LogP contribution in [0, 0.1) is 5.82 Å². The van der Waals surface area contributed by atoms with Crippen LogP contribution >= 0.6 is 0 Å². The number of methoxy groups -OCH3 is 1. The predicted molar refractivity (Wildman–Crippen MR) is 80.9 cm³/mol. The minimum Gasteiger partial charge on any atom is -0.468 e. The van der Waals surface area contributed by atoms with Crippen LogP contribution < -0.4 is 4.90 Å². The molecule has 4 nitrogen and oxygen atoms in total. The van der Waals surface area contributed by atoms with Gasteiger partial charge in [0.25, 0.3) is 0 Å². The molecule has 1 aromatic carbocycles. The Kier molecular flexibility index (Phi) is 5.56. The third-order valence-electron chi connectivity index (χ3n) is 3.98. The Hall–Kier alpha value is -1.62. The van der Waals surface area contributed by atoms with Crippen LogP contribution in [-0.2, 0) is 9.53 Å². The molecule has 21 heavy (non-hydrogen) atoms. The number of hydrogen-bond acceptors (Lipinski definition) is 4. The molecular weight excluding hydrogens is 271 g/mol. The van der Waals surface area contributed by atoms with Crippen molar-refractivity contribution in [3.05, 3.63) is 30.1 Å². The number of esters is 1. The van der Waals surface area contributed by atoms with E-state index in [2.05, 4.69) is 16.7 Å². The minimum atomic E-state index is -0.217. The Bertz CT molecular complexity index is 456. The van der Waals surface area contributed by atoms with E-state index in [1.165, 1.54) is 19.2 Å². The molecule has 0 aliphatic carbocycles. The lowest BCUT2D eigenvalue weighted by Crippen LogP contribution is -2.53. The smallest absolute Gasteiger partial charge is 0.323 e. The second kappa shape index (κ2) is 7.41. The van der Waals surface area contributed by atoms with E-state index < -0.39 is 0 Å². The molecule has 5 heteroatoms. The van der Waals surface area contributed by atoms with Crippen LogP contribution in [0.15, 0.2) is 24.3 Å². The van der Waals surface area contributed by atoms with Gasteiger partial charge in [0.15, 0.2) is 0 Å². The number of halogens is 1. The molecule has 1 heterocycles. The fourth-order valence-corrected chi connectivity index (χ4v) is 2.80. The molecule has 0 unspecified atom stereocenters. The molecule has 1 fully saturated rings. The van der Waals surface area contributed by atoms with Gasteiger partial charge in [-0.2, -0.15) is 0 Å². The lowest BCUT2D eigenvalue weighted by molar-refractivity contribution is -0.147. The lowest BCUT2D eigenvalue weighted by Gasteiger charge is -2.39. The molecule has 0 saturated carbocycles. The third kappa shape index (κ3) is 3.94. The maximum Gasteiger partial charge on any atom is 0.323 e. The Morgan fingerprint density at radius 2 is 1.86 bits per heavy atom. The third-order valence-corrected chi connectivity index (χ3v) is 3.98. The topological polar surface area (TPSA) is 32.8 Å². The summed E-state index contributed by atoms with van der Waals surface area (Å²) < 4.78 is 17.9. The van der Waals surface area contributed by atoms with E-state index in [4.69, 9.17) is 4.74 Å². The fourth-order valence-electron chi connectivity index (χ4n) is 2.80. The number of rotatable bonds is 5. The van der Waals surface area contributed by atoms with E-state index in [-0.39, 0.29) is 17.8 Å². The first-order valence-corrected chi connectivity index (χ1v) is 7.48. The van der Waals surface area contributed by atoms with Gasteiger partial charge in [-0.05, 0) is 30.7 Å². The van der Waals surface area contributed by atoms with Crippen molar-refractivity contribution < 1.29 is 13.9 Å². The quantitative estimate of drug-likeness (QED) is 0.780. The zero-order valence-corrected chi connectivity index (χ0v) is 12.7. The van der Waals surface area contributed by atoms with Gasteiger partial charge in [0, 0.05) is 31.9 Å². The molecule has 1 aromatic rings.